The summed E-state index contributed by atoms with van der Waals surface area (Å²) in [6, 6.07) is 13.9. The number of hydrogen-bond donors (Lipinski definition) is 1. The Labute approximate surface area is 197 Å². The van der Waals surface area contributed by atoms with E-state index < -0.39 is 0 Å². The van der Waals surface area contributed by atoms with E-state index in [1.54, 1.807) is 0 Å². The van der Waals surface area contributed by atoms with E-state index >= 15 is 0 Å². The molecule has 0 saturated carbocycles. The van der Waals surface area contributed by atoms with Crippen LogP contribution in [0, 0.1) is 13.8 Å². The first-order valence-electron chi connectivity index (χ1n) is 11.8. The highest BCUT2D eigenvalue weighted by Gasteiger charge is 2.39. The van der Waals surface area contributed by atoms with Crippen LogP contribution in [0.1, 0.15) is 43.9 Å². The Morgan fingerprint density at radius 2 is 1.64 bits per heavy atom. The van der Waals surface area contributed by atoms with Crippen LogP contribution < -0.4 is 10.2 Å². The lowest BCUT2D eigenvalue weighted by atomic mass is 9.97. The van der Waals surface area contributed by atoms with Crippen LogP contribution in [-0.4, -0.2) is 49.6 Å². The number of carbonyl (C=O) groups is 2. The Hall–Kier alpha value is -3.12. The standard InChI is InChI=1S/C27H35N3O3/c1-6-29(7-2)22-13-11-21(12-14-22)28-25-24(23-15-10-19(4)18-20(23)5)26(31)30(27(25)32)16-9-17-33-8-3/h10-15,18,28H,6-9,16-17H2,1-5H3. The molecule has 0 aromatic heterocycles. The smallest absolute Gasteiger partial charge is 0.278 e. The summed E-state index contributed by atoms with van der Waals surface area (Å²) >= 11 is 0. The number of benzene rings is 2. The average Bonchev–Trinajstić information content (AvgIpc) is 3.03. The lowest BCUT2D eigenvalue weighted by molar-refractivity contribution is -0.137. The molecule has 0 unspecified atom stereocenters. The lowest BCUT2D eigenvalue weighted by Gasteiger charge is -2.21. The van der Waals surface area contributed by atoms with Crippen molar-refractivity contribution in [2.45, 2.75) is 41.0 Å². The molecule has 2 amide bonds. The molecule has 6 heteroatoms. The molecule has 0 atom stereocenters. The molecule has 0 spiro atoms. The Balaban J connectivity index is 1.94. The fourth-order valence-corrected chi connectivity index (χ4v) is 4.20. The Morgan fingerprint density at radius 1 is 0.939 bits per heavy atom. The number of anilines is 2. The van der Waals surface area contributed by atoms with E-state index in [0.29, 0.717) is 37.4 Å². The molecule has 2 aromatic carbocycles. The molecule has 0 bridgehead atoms. The minimum Gasteiger partial charge on any atom is -0.382 e. The van der Waals surface area contributed by atoms with Crippen LogP contribution in [0.2, 0.25) is 0 Å². The van der Waals surface area contributed by atoms with Gasteiger partial charge in [-0.05, 0) is 76.4 Å². The zero-order valence-electron chi connectivity index (χ0n) is 20.4. The van der Waals surface area contributed by atoms with Crippen molar-refractivity contribution in [1.82, 2.24) is 4.90 Å². The van der Waals surface area contributed by atoms with E-state index in [4.69, 9.17) is 4.74 Å². The van der Waals surface area contributed by atoms with Crippen LogP contribution in [0.15, 0.2) is 48.2 Å². The van der Waals surface area contributed by atoms with Crippen LogP contribution in [-0.2, 0) is 14.3 Å². The normalized spacial score (nSPS) is 13.8. The van der Waals surface area contributed by atoms with E-state index in [0.717, 1.165) is 41.2 Å². The molecule has 3 rings (SSSR count). The van der Waals surface area contributed by atoms with Gasteiger partial charge in [-0.15, -0.1) is 0 Å². The van der Waals surface area contributed by atoms with Gasteiger partial charge in [0.25, 0.3) is 11.8 Å². The van der Waals surface area contributed by atoms with E-state index in [9.17, 15) is 9.59 Å². The summed E-state index contributed by atoms with van der Waals surface area (Å²) in [7, 11) is 0. The fraction of sp³-hybridized carbons (Fsp3) is 0.407. The van der Waals surface area contributed by atoms with Gasteiger partial charge in [0.15, 0.2) is 0 Å². The van der Waals surface area contributed by atoms with Crippen molar-refractivity contribution >= 4 is 28.8 Å². The highest BCUT2D eigenvalue weighted by Crippen LogP contribution is 2.33. The van der Waals surface area contributed by atoms with Gasteiger partial charge in [-0.1, -0.05) is 23.8 Å². The predicted octanol–water partition coefficient (Wildman–Crippen LogP) is 4.77. The molecule has 1 aliphatic heterocycles. The first-order valence-corrected chi connectivity index (χ1v) is 11.8. The summed E-state index contributed by atoms with van der Waals surface area (Å²) < 4.78 is 5.40. The van der Waals surface area contributed by atoms with E-state index in [1.165, 1.54) is 4.90 Å². The number of amides is 2. The minimum absolute atomic E-state index is 0.259. The molecule has 33 heavy (non-hydrogen) atoms. The monoisotopic (exact) mass is 449 g/mol. The SMILES string of the molecule is CCOCCCN1C(=O)C(Nc2ccc(N(CC)CC)cc2)=C(c2ccc(C)cc2C)C1=O. The summed E-state index contributed by atoms with van der Waals surface area (Å²) in [5.41, 5.74) is 5.54. The summed E-state index contributed by atoms with van der Waals surface area (Å²) in [5, 5.41) is 3.26. The van der Waals surface area contributed by atoms with E-state index in [2.05, 4.69) is 24.1 Å². The minimum atomic E-state index is -0.292. The number of aryl methyl sites for hydroxylation is 2. The summed E-state index contributed by atoms with van der Waals surface area (Å²) in [6.07, 6.45) is 0.608. The van der Waals surface area contributed by atoms with Crippen molar-refractivity contribution in [3.05, 3.63) is 64.9 Å². The van der Waals surface area contributed by atoms with Gasteiger partial charge >= 0.3 is 0 Å². The molecule has 2 aromatic rings. The van der Waals surface area contributed by atoms with Gasteiger partial charge in [0.1, 0.15) is 5.70 Å². The zero-order chi connectivity index (χ0) is 24.0. The lowest BCUT2D eigenvalue weighted by Crippen LogP contribution is -2.34. The van der Waals surface area contributed by atoms with Crippen LogP contribution in [0.4, 0.5) is 11.4 Å². The second-order valence-electron chi connectivity index (χ2n) is 8.22. The topological polar surface area (TPSA) is 61.9 Å². The van der Waals surface area contributed by atoms with Crippen molar-refractivity contribution in [2.24, 2.45) is 0 Å². The highest BCUT2D eigenvalue weighted by atomic mass is 16.5. The quantitative estimate of drug-likeness (QED) is 0.396. The number of nitrogens with zero attached hydrogens (tertiary/aromatic N) is 2. The van der Waals surface area contributed by atoms with Crippen molar-refractivity contribution in [2.75, 3.05) is 43.1 Å². The maximum absolute atomic E-state index is 13.4. The Bertz CT molecular complexity index is 1020. The van der Waals surface area contributed by atoms with E-state index in [1.807, 2.05) is 63.2 Å². The molecule has 6 nitrogen and oxygen atoms in total. The molecule has 0 radical (unpaired) electrons. The molecule has 176 valence electrons. The number of imide groups is 1. The number of ether oxygens (including phenoxy) is 1. The molecule has 0 saturated heterocycles. The van der Waals surface area contributed by atoms with Gasteiger partial charge in [0.05, 0.1) is 5.57 Å². The van der Waals surface area contributed by atoms with Gasteiger partial charge in [-0.25, -0.2) is 0 Å². The number of nitrogens with one attached hydrogen (secondary N) is 1. The maximum Gasteiger partial charge on any atom is 0.278 e. The molecular weight excluding hydrogens is 414 g/mol. The Morgan fingerprint density at radius 3 is 2.24 bits per heavy atom. The van der Waals surface area contributed by atoms with Gasteiger partial charge in [-0.3, -0.25) is 14.5 Å². The van der Waals surface area contributed by atoms with Crippen LogP contribution in [0.3, 0.4) is 0 Å². The fourth-order valence-electron chi connectivity index (χ4n) is 4.20. The average molecular weight is 450 g/mol. The predicted molar refractivity (Wildman–Crippen MR) is 134 cm³/mol. The number of hydrogen-bond acceptors (Lipinski definition) is 5. The van der Waals surface area contributed by atoms with Gasteiger partial charge in [0.2, 0.25) is 0 Å². The van der Waals surface area contributed by atoms with Crippen molar-refractivity contribution < 1.29 is 14.3 Å². The third kappa shape index (κ3) is 5.45. The molecule has 0 fully saturated rings. The second-order valence-corrected chi connectivity index (χ2v) is 8.22. The van der Waals surface area contributed by atoms with Crippen LogP contribution >= 0.6 is 0 Å². The third-order valence-corrected chi connectivity index (χ3v) is 5.96. The molecule has 1 aliphatic rings. The maximum atomic E-state index is 13.4. The zero-order valence-corrected chi connectivity index (χ0v) is 20.4. The van der Waals surface area contributed by atoms with Gasteiger partial charge in [-0.2, -0.15) is 0 Å². The first kappa shape index (κ1) is 24.5. The summed E-state index contributed by atoms with van der Waals surface area (Å²) in [4.78, 5) is 30.3. The van der Waals surface area contributed by atoms with Crippen LogP contribution in [0.5, 0.6) is 0 Å². The summed E-state index contributed by atoms with van der Waals surface area (Å²) in [5.74, 6) is -0.551. The Kier molecular flexibility index (Phi) is 8.28. The van der Waals surface area contributed by atoms with Crippen molar-refractivity contribution in [3.63, 3.8) is 0 Å². The van der Waals surface area contributed by atoms with Crippen molar-refractivity contribution in [3.8, 4) is 0 Å². The highest BCUT2D eigenvalue weighted by molar-refractivity contribution is 6.36. The molecule has 1 heterocycles. The van der Waals surface area contributed by atoms with Crippen LogP contribution in [0.25, 0.3) is 5.57 Å². The molecular formula is C27H35N3O3. The van der Waals surface area contributed by atoms with Crippen molar-refractivity contribution in [1.29, 1.82) is 0 Å². The summed E-state index contributed by atoms with van der Waals surface area (Å²) in [6.45, 7) is 13.5. The van der Waals surface area contributed by atoms with E-state index in [-0.39, 0.29) is 11.8 Å². The number of carbonyl (C=O) groups excluding carboxylic acids is 2. The molecule has 1 N–H and O–H groups in total. The first-order chi connectivity index (χ1) is 15.9. The second kappa shape index (κ2) is 11.1. The molecule has 0 aliphatic carbocycles. The number of rotatable bonds is 11. The third-order valence-electron chi connectivity index (χ3n) is 5.96. The van der Waals surface area contributed by atoms with Gasteiger partial charge < -0.3 is 15.0 Å². The van der Waals surface area contributed by atoms with Gasteiger partial charge in [0, 0.05) is 44.2 Å². The largest absolute Gasteiger partial charge is 0.382 e.